The van der Waals surface area contributed by atoms with E-state index in [2.05, 4.69) is 10.5 Å². The molecule has 2 aromatic carbocycles. The first-order valence-corrected chi connectivity index (χ1v) is 7.88. The molecule has 6 nitrogen and oxygen atoms in total. The van der Waals surface area contributed by atoms with Gasteiger partial charge >= 0.3 is 0 Å². The van der Waals surface area contributed by atoms with E-state index < -0.39 is 0 Å². The first kappa shape index (κ1) is 16.6. The lowest BCUT2D eigenvalue weighted by Gasteiger charge is -2.21. The van der Waals surface area contributed by atoms with Crippen molar-refractivity contribution >= 4 is 17.5 Å². The Morgan fingerprint density at radius 1 is 1.16 bits per heavy atom. The topological polar surface area (TPSA) is 67.6 Å². The van der Waals surface area contributed by atoms with E-state index >= 15 is 0 Å². The lowest BCUT2D eigenvalue weighted by atomic mass is 10.2. The van der Waals surface area contributed by atoms with Crippen molar-refractivity contribution in [3.05, 3.63) is 66.4 Å². The van der Waals surface area contributed by atoms with Crippen LogP contribution in [0.2, 0.25) is 0 Å². The number of likely N-dealkylation sites (N-methyl/N-ethyl adjacent to an activating group) is 1. The highest BCUT2D eigenvalue weighted by Crippen LogP contribution is 2.31. The van der Waals surface area contributed by atoms with Gasteiger partial charge < -0.3 is 14.2 Å². The summed E-state index contributed by atoms with van der Waals surface area (Å²) < 4.78 is 10.9. The van der Waals surface area contributed by atoms with Crippen LogP contribution in [0.4, 0.5) is 11.6 Å². The van der Waals surface area contributed by atoms with Crippen LogP contribution in [0.15, 0.2) is 65.2 Å². The maximum absolute atomic E-state index is 12.2. The molecule has 25 heavy (non-hydrogen) atoms. The van der Waals surface area contributed by atoms with Crippen molar-refractivity contribution in [1.82, 2.24) is 5.16 Å². The molecule has 0 fully saturated rings. The summed E-state index contributed by atoms with van der Waals surface area (Å²) in [5.41, 5.74) is 1.53. The summed E-state index contributed by atoms with van der Waals surface area (Å²) in [5.74, 6) is 1.56. The van der Waals surface area contributed by atoms with Gasteiger partial charge in [0.05, 0.1) is 17.9 Å². The van der Waals surface area contributed by atoms with Gasteiger partial charge in [0.15, 0.2) is 5.75 Å². The molecule has 0 bridgehead atoms. The number of nitrogens with zero attached hydrogens (tertiary/aromatic N) is 2. The van der Waals surface area contributed by atoms with Crippen LogP contribution in [0.3, 0.4) is 0 Å². The number of para-hydroxylation sites is 3. The normalized spacial score (nSPS) is 10.3. The van der Waals surface area contributed by atoms with E-state index in [9.17, 15) is 4.79 Å². The fourth-order valence-corrected chi connectivity index (χ4v) is 2.37. The van der Waals surface area contributed by atoms with Gasteiger partial charge in [-0.05, 0) is 31.2 Å². The molecule has 0 saturated carbocycles. The SMILES string of the molecule is Cc1cc(NC(=O)CN(C)c2ccccc2Oc2ccccc2)on1. The van der Waals surface area contributed by atoms with Crippen LogP contribution in [0.5, 0.6) is 11.5 Å². The van der Waals surface area contributed by atoms with Gasteiger partial charge in [0.2, 0.25) is 11.8 Å². The molecule has 1 aromatic heterocycles. The van der Waals surface area contributed by atoms with Crippen molar-refractivity contribution in [1.29, 1.82) is 0 Å². The average molecular weight is 337 g/mol. The second kappa shape index (κ2) is 7.53. The van der Waals surface area contributed by atoms with E-state index in [-0.39, 0.29) is 12.5 Å². The number of aryl methyl sites for hydroxylation is 1. The number of carbonyl (C=O) groups excluding carboxylic acids is 1. The average Bonchev–Trinajstić information content (AvgIpc) is 3.01. The Bertz CT molecular complexity index is 846. The fourth-order valence-electron chi connectivity index (χ4n) is 2.37. The molecular formula is C19H19N3O3. The number of hydrogen-bond acceptors (Lipinski definition) is 5. The second-order valence-electron chi connectivity index (χ2n) is 5.62. The molecule has 0 unspecified atom stereocenters. The smallest absolute Gasteiger partial charge is 0.246 e. The Morgan fingerprint density at radius 2 is 1.88 bits per heavy atom. The molecule has 0 aliphatic heterocycles. The number of carbonyl (C=O) groups is 1. The van der Waals surface area contributed by atoms with Gasteiger partial charge in [-0.3, -0.25) is 10.1 Å². The number of aromatic nitrogens is 1. The van der Waals surface area contributed by atoms with E-state index in [4.69, 9.17) is 9.26 Å². The molecule has 1 heterocycles. The minimum atomic E-state index is -0.201. The molecule has 0 aliphatic carbocycles. The molecule has 0 atom stereocenters. The van der Waals surface area contributed by atoms with Gasteiger partial charge in [-0.15, -0.1) is 0 Å². The van der Waals surface area contributed by atoms with E-state index in [1.165, 1.54) is 0 Å². The van der Waals surface area contributed by atoms with Crippen molar-refractivity contribution in [3.8, 4) is 11.5 Å². The van der Waals surface area contributed by atoms with E-state index in [0.717, 1.165) is 11.4 Å². The number of ether oxygens (including phenoxy) is 1. The molecule has 0 saturated heterocycles. The Morgan fingerprint density at radius 3 is 2.60 bits per heavy atom. The van der Waals surface area contributed by atoms with Gasteiger partial charge in [-0.2, -0.15) is 0 Å². The molecule has 128 valence electrons. The molecule has 3 rings (SSSR count). The third kappa shape index (κ3) is 4.38. The number of amides is 1. The predicted molar refractivity (Wildman–Crippen MR) is 96.1 cm³/mol. The van der Waals surface area contributed by atoms with Gasteiger partial charge in [0, 0.05) is 13.1 Å². The number of anilines is 2. The van der Waals surface area contributed by atoms with Crippen molar-refractivity contribution in [2.24, 2.45) is 0 Å². The minimum absolute atomic E-state index is 0.148. The van der Waals surface area contributed by atoms with Gasteiger partial charge in [-0.1, -0.05) is 35.5 Å². The van der Waals surface area contributed by atoms with E-state index in [1.807, 2.05) is 66.5 Å². The summed E-state index contributed by atoms with van der Waals surface area (Å²) in [6, 6.07) is 18.8. The van der Waals surface area contributed by atoms with Crippen LogP contribution in [-0.4, -0.2) is 24.7 Å². The van der Waals surface area contributed by atoms with E-state index in [1.54, 1.807) is 13.0 Å². The zero-order valence-corrected chi connectivity index (χ0v) is 14.1. The monoisotopic (exact) mass is 337 g/mol. The molecule has 1 N–H and O–H groups in total. The largest absolute Gasteiger partial charge is 0.455 e. The molecule has 1 amide bonds. The van der Waals surface area contributed by atoms with Crippen molar-refractivity contribution in [3.63, 3.8) is 0 Å². The highest BCUT2D eigenvalue weighted by Gasteiger charge is 2.14. The van der Waals surface area contributed by atoms with Crippen LogP contribution in [0.25, 0.3) is 0 Å². The van der Waals surface area contributed by atoms with Crippen LogP contribution >= 0.6 is 0 Å². The highest BCUT2D eigenvalue weighted by molar-refractivity contribution is 5.93. The summed E-state index contributed by atoms with van der Waals surface area (Å²) in [6.45, 7) is 1.94. The van der Waals surface area contributed by atoms with Crippen molar-refractivity contribution in [2.45, 2.75) is 6.92 Å². The third-order valence-electron chi connectivity index (χ3n) is 3.52. The first-order valence-electron chi connectivity index (χ1n) is 7.88. The fraction of sp³-hybridized carbons (Fsp3) is 0.158. The molecule has 6 heteroatoms. The Hall–Kier alpha value is -3.28. The molecule has 3 aromatic rings. The first-order chi connectivity index (χ1) is 12.1. The maximum atomic E-state index is 12.2. The molecule has 0 aliphatic rings. The van der Waals surface area contributed by atoms with Gasteiger partial charge in [0.1, 0.15) is 5.75 Å². The molecule has 0 radical (unpaired) electrons. The zero-order chi connectivity index (χ0) is 17.6. The summed E-state index contributed by atoms with van der Waals surface area (Å²) >= 11 is 0. The Balaban J connectivity index is 1.69. The Kier molecular flexibility index (Phi) is 4.99. The standard InChI is InChI=1S/C19H19N3O3/c1-14-12-19(25-21-14)20-18(23)13-22(2)16-10-6-7-11-17(16)24-15-8-4-3-5-9-15/h3-12H,13H2,1-2H3,(H,20,23). The lowest BCUT2D eigenvalue weighted by molar-refractivity contribution is -0.115. The molecule has 0 spiro atoms. The maximum Gasteiger partial charge on any atom is 0.246 e. The summed E-state index contributed by atoms with van der Waals surface area (Å²) in [7, 11) is 1.83. The number of rotatable bonds is 6. The number of nitrogens with one attached hydrogen (secondary N) is 1. The summed E-state index contributed by atoms with van der Waals surface area (Å²) in [6.07, 6.45) is 0. The van der Waals surface area contributed by atoms with Gasteiger partial charge in [-0.25, -0.2) is 0 Å². The van der Waals surface area contributed by atoms with Crippen LogP contribution < -0.4 is 15.0 Å². The van der Waals surface area contributed by atoms with Gasteiger partial charge in [0.25, 0.3) is 0 Å². The lowest BCUT2D eigenvalue weighted by Crippen LogP contribution is -2.30. The summed E-state index contributed by atoms with van der Waals surface area (Å²) in [5, 5.41) is 6.43. The quantitative estimate of drug-likeness (QED) is 0.740. The zero-order valence-electron chi connectivity index (χ0n) is 14.1. The van der Waals surface area contributed by atoms with Crippen molar-refractivity contribution in [2.75, 3.05) is 23.8 Å². The summed E-state index contributed by atoms with van der Waals surface area (Å²) in [4.78, 5) is 14.0. The number of hydrogen-bond donors (Lipinski definition) is 1. The van der Waals surface area contributed by atoms with E-state index in [0.29, 0.717) is 17.3 Å². The van der Waals surface area contributed by atoms with Crippen LogP contribution in [0, 0.1) is 6.92 Å². The molecular weight excluding hydrogens is 318 g/mol. The third-order valence-corrected chi connectivity index (χ3v) is 3.52. The second-order valence-corrected chi connectivity index (χ2v) is 5.62. The van der Waals surface area contributed by atoms with Crippen LogP contribution in [-0.2, 0) is 4.79 Å². The Labute approximate surface area is 146 Å². The van der Waals surface area contributed by atoms with Crippen LogP contribution in [0.1, 0.15) is 5.69 Å². The number of benzene rings is 2. The predicted octanol–water partition coefficient (Wildman–Crippen LogP) is 3.85. The highest BCUT2D eigenvalue weighted by atomic mass is 16.5. The van der Waals surface area contributed by atoms with Crippen molar-refractivity contribution < 1.29 is 14.1 Å². The minimum Gasteiger partial charge on any atom is -0.455 e.